The Morgan fingerprint density at radius 2 is 2.54 bits per heavy atom. The molecule has 0 radical (unpaired) electrons. The SMILES string of the molecule is Cc1nc(CC2CNCCO2)no1. The van der Waals surface area contributed by atoms with Gasteiger partial charge >= 0.3 is 0 Å². The van der Waals surface area contributed by atoms with E-state index in [9.17, 15) is 0 Å². The molecule has 2 rings (SSSR count). The number of nitrogens with zero attached hydrogens (tertiary/aromatic N) is 2. The molecule has 5 nitrogen and oxygen atoms in total. The van der Waals surface area contributed by atoms with Crippen LogP contribution in [0.1, 0.15) is 11.7 Å². The third-order valence-corrected chi connectivity index (χ3v) is 1.98. The van der Waals surface area contributed by atoms with E-state index in [0.29, 0.717) is 5.89 Å². The first-order chi connectivity index (χ1) is 6.34. The summed E-state index contributed by atoms with van der Waals surface area (Å²) in [5.41, 5.74) is 0. The molecule has 1 aliphatic heterocycles. The van der Waals surface area contributed by atoms with Gasteiger partial charge in [0.2, 0.25) is 5.89 Å². The average Bonchev–Trinajstić information content (AvgIpc) is 2.53. The third-order valence-electron chi connectivity index (χ3n) is 1.98. The molecule has 0 saturated carbocycles. The summed E-state index contributed by atoms with van der Waals surface area (Å²) in [5.74, 6) is 1.34. The van der Waals surface area contributed by atoms with Gasteiger partial charge in [0.25, 0.3) is 0 Å². The maximum Gasteiger partial charge on any atom is 0.223 e. The van der Waals surface area contributed by atoms with E-state index in [1.807, 2.05) is 0 Å². The first-order valence-corrected chi connectivity index (χ1v) is 4.46. The van der Waals surface area contributed by atoms with Crippen molar-refractivity contribution in [2.75, 3.05) is 19.7 Å². The van der Waals surface area contributed by atoms with Crippen LogP contribution < -0.4 is 5.32 Å². The Kier molecular flexibility index (Phi) is 2.56. The van der Waals surface area contributed by atoms with E-state index >= 15 is 0 Å². The summed E-state index contributed by atoms with van der Waals surface area (Å²) >= 11 is 0. The highest BCUT2D eigenvalue weighted by Crippen LogP contribution is 2.04. The smallest absolute Gasteiger partial charge is 0.223 e. The molecule has 0 amide bonds. The van der Waals surface area contributed by atoms with Gasteiger partial charge in [-0.2, -0.15) is 4.98 Å². The van der Waals surface area contributed by atoms with Gasteiger partial charge in [0.05, 0.1) is 12.7 Å². The Bertz CT molecular complexity index is 268. The van der Waals surface area contributed by atoms with Gasteiger partial charge in [0, 0.05) is 26.4 Å². The number of rotatable bonds is 2. The molecule has 1 atom stereocenters. The molecular formula is C8H13N3O2. The minimum Gasteiger partial charge on any atom is -0.375 e. The molecule has 0 spiro atoms. The third kappa shape index (κ3) is 2.26. The van der Waals surface area contributed by atoms with Crippen molar-refractivity contribution in [1.29, 1.82) is 0 Å². The Labute approximate surface area is 76.5 Å². The van der Waals surface area contributed by atoms with Gasteiger partial charge in [-0.15, -0.1) is 0 Å². The molecule has 13 heavy (non-hydrogen) atoms. The summed E-state index contributed by atoms with van der Waals surface area (Å²) < 4.78 is 10.4. The lowest BCUT2D eigenvalue weighted by Crippen LogP contribution is -2.39. The largest absolute Gasteiger partial charge is 0.375 e. The highest BCUT2D eigenvalue weighted by Gasteiger charge is 2.16. The van der Waals surface area contributed by atoms with E-state index in [1.54, 1.807) is 6.92 Å². The van der Waals surface area contributed by atoms with Gasteiger partial charge in [-0.05, 0) is 0 Å². The van der Waals surface area contributed by atoms with Crippen LogP contribution in [0.3, 0.4) is 0 Å². The lowest BCUT2D eigenvalue weighted by Gasteiger charge is -2.22. The van der Waals surface area contributed by atoms with E-state index in [1.165, 1.54) is 0 Å². The van der Waals surface area contributed by atoms with Crippen molar-refractivity contribution in [2.45, 2.75) is 19.4 Å². The average molecular weight is 183 g/mol. The standard InChI is InChI=1S/C8H13N3O2/c1-6-10-8(11-13-6)4-7-5-9-2-3-12-7/h7,9H,2-5H2,1H3. The Hall–Kier alpha value is -0.940. The van der Waals surface area contributed by atoms with Crippen LogP contribution in [0.15, 0.2) is 4.52 Å². The second kappa shape index (κ2) is 3.85. The zero-order chi connectivity index (χ0) is 9.10. The van der Waals surface area contributed by atoms with Crippen LogP contribution in [0.4, 0.5) is 0 Å². The van der Waals surface area contributed by atoms with Gasteiger partial charge in [-0.3, -0.25) is 0 Å². The van der Waals surface area contributed by atoms with Gasteiger partial charge in [-0.25, -0.2) is 0 Å². The number of nitrogens with one attached hydrogen (secondary N) is 1. The van der Waals surface area contributed by atoms with Crippen molar-refractivity contribution < 1.29 is 9.26 Å². The van der Waals surface area contributed by atoms with Gasteiger partial charge in [0.15, 0.2) is 5.82 Å². The molecule has 0 aromatic carbocycles. The minimum absolute atomic E-state index is 0.186. The second-order valence-corrected chi connectivity index (χ2v) is 3.13. The predicted octanol–water partition coefficient (Wildman–Crippen LogP) is -0.0911. The van der Waals surface area contributed by atoms with Gasteiger partial charge in [-0.1, -0.05) is 5.16 Å². The van der Waals surface area contributed by atoms with Crippen molar-refractivity contribution in [3.8, 4) is 0 Å². The number of aryl methyl sites for hydroxylation is 1. The highest BCUT2D eigenvalue weighted by molar-refractivity contribution is 4.88. The summed E-state index contributed by atoms with van der Waals surface area (Å²) in [4.78, 5) is 4.12. The van der Waals surface area contributed by atoms with Gasteiger partial charge in [0.1, 0.15) is 0 Å². The monoisotopic (exact) mass is 183 g/mol. The van der Waals surface area contributed by atoms with Crippen LogP contribution in [0.25, 0.3) is 0 Å². The molecule has 1 saturated heterocycles. The number of ether oxygens (including phenoxy) is 1. The molecule has 1 fully saturated rings. The normalized spacial score (nSPS) is 23.3. The fraction of sp³-hybridized carbons (Fsp3) is 0.750. The Balaban J connectivity index is 1.89. The molecule has 1 aromatic heterocycles. The second-order valence-electron chi connectivity index (χ2n) is 3.13. The van der Waals surface area contributed by atoms with Crippen molar-refractivity contribution in [1.82, 2.24) is 15.5 Å². The fourth-order valence-corrected chi connectivity index (χ4v) is 1.38. The topological polar surface area (TPSA) is 60.2 Å². The number of hydrogen-bond donors (Lipinski definition) is 1. The fourth-order valence-electron chi connectivity index (χ4n) is 1.38. The first-order valence-electron chi connectivity index (χ1n) is 4.46. The van der Waals surface area contributed by atoms with Crippen molar-refractivity contribution in [2.24, 2.45) is 0 Å². The van der Waals surface area contributed by atoms with E-state index < -0.39 is 0 Å². The van der Waals surface area contributed by atoms with E-state index in [0.717, 1.165) is 31.9 Å². The molecule has 1 unspecified atom stereocenters. The zero-order valence-corrected chi connectivity index (χ0v) is 7.62. The first kappa shape index (κ1) is 8.65. The summed E-state index contributed by atoms with van der Waals surface area (Å²) in [7, 11) is 0. The molecule has 1 aliphatic rings. The summed E-state index contributed by atoms with van der Waals surface area (Å²) in [5, 5.41) is 7.07. The number of hydrogen-bond acceptors (Lipinski definition) is 5. The quantitative estimate of drug-likeness (QED) is 0.694. The summed E-state index contributed by atoms with van der Waals surface area (Å²) in [6, 6.07) is 0. The molecule has 0 aliphatic carbocycles. The molecule has 2 heterocycles. The molecule has 72 valence electrons. The highest BCUT2D eigenvalue weighted by atomic mass is 16.5. The number of aromatic nitrogens is 2. The van der Waals surface area contributed by atoms with Crippen LogP contribution >= 0.6 is 0 Å². The summed E-state index contributed by atoms with van der Waals surface area (Å²) in [6.45, 7) is 4.35. The molecule has 5 heteroatoms. The number of morpholine rings is 1. The van der Waals surface area contributed by atoms with E-state index in [4.69, 9.17) is 9.26 Å². The Morgan fingerprint density at radius 3 is 3.15 bits per heavy atom. The van der Waals surface area contributed by atoms with Crippen LogP contribution in [-0.4, -0.2) is 35.9 Å². The molecule has 1 aromatic rings. The summed E-state index contributed by atoms with van der Waals surface area (Å²) in [6.07, 6.45) is 0.912. The van der Waals surface area contributed by atoms with Crippen molar-refractivity contribution in [3.05, 3.63) is 11.7 Å². The van der Waals surface area contributed by atoms with Crippen LogP contribution in [0, 0.1) is 6.92 Å². The van der Waals surface area contributed by atoms with E-state index in [2.05, 4.69) is 15.5 Å². The predicted molar refractivity (Wildman–Crippen MR) is 45.3 cm³/mol. The lowest BCUT2D eigenvalue weighted by molar-refractivity contribution is 0.0277. The molecular weight excluding hydrogens is 170 g/mol. The van der Waals surface area contributed by atoms with Crippen molar-refractivity contribution in [3.63, 3.8) is 0 Å². The van der Waals surface area contributed by atoms with Gasteiger partial charge < -0.3 is 14.6 Å². The molecule has 0 bridgehead atoms. The molecule has 1 N–H and O–H groups in total. The zero-order valence-electron chi connectivity index (χ0n) is 7.62. The van der Waals surface area contributed by atoms with Crippen LogP contribution in [0.5, 0.6) is 0 Å². The van der Waals surface area contributed by atoms with Crippen molar-refractivity contribution >= 4 is 0 Å². The lowest BCUT2D eigenvalue weighted by atomic mass is 10.2. The Morgan fingerprint density at radius 1 is 1.62 bits per heavy atom. The van der Waals surface area contributed by atoms with Crippen LogP contribution in [0.2, 0.25) is 0 Å². The maximum absolute atomic E-state index is 5.51. The van der Waals surface area contributed by atoms with Crippen LogP contribution in [-0.2, 0) is 11.2 Å². The van der Waals surface area contributed by atoms with E-state index in [-0.39, 0.29) is 6.10 Å². The maximum atomic E-state index is 5.51. The minimum atomic E-state index is 0.186.